The van der Waals surface area contributed by atoms with Crippen LogP contribution in [0.25, 0.3) is 0 Å². The molecule has 0 aliphatic carbocycles. The highest BCUT2D eigenvalue weighted by molar-refractivity contribution is 6.00. The minimum Gasteiger partial charge on any atom is -0.294 e. The van der Waals surface area contributed by atoms with Crippen LogP contribution >= 0.6 is 0 Å². The van der Waals surface area contributed by atoms with E-state index in [1.165, 1.54) is 0 Å². The fourth-order valence-electron chi connectivity index (χ4n) is 1.37. The van der Waals surface area contributed by atoms with E-state index in [-0.39, 0.29) is 5.78 Å². The van der Waals surface area contributed by atoms with Crippen LogP contribution in [0, 0.1) is 17.3 Å². The highest BCUT2D eigenvalue weighted by Crippen LogP contribution is 2.25. The first-order valence-electron chi connectivity index (χ1n) is 5.07. The van der Waals surface area contributed by atoms with Crippen molar-refractivity contribution in [2.45, 2.75) is 27.2 Å². The van der Waals surface area contributed by atoms with Crippen molar-refractivity contribution >= 4 is 5.78 Å². The third-order valence-electron chi connectivity index (χ3n) is 2.36. The summed E-state index contributed by atoms with van der Waals surface area (Å²) < 4.78 is 0. The molecule has 0 unspecified atom stereocenters. The van der Waals surface area contributed by atoms with Gasteiger partial charge in [0.25, 0.3) is 0 Å². The largest absolute Gasteiger partial charge is 0.294 e. The van der Waals surface area contributed by atoms with E-state index < -0.39 is 5.41 Å². The molecule has 0 saturated heterocycles. The van der Waals surface area contributed by atoms with Crippen molar-refractivity contribution in [3.63, 3.8) is 0 Å². The molecule has 15 heavy (non-hydrogen) atoms. The topological polar surface area (TPSA) is 17.1 Å². The predicted octanol–water partition coefficient (Wildman–Crippen LogP) is 3.31. The van der Waals surface area contributed by atoms with Crippen LogP contribution in [0.1, 0.15) is 37.6 Å². The molecule has 0 fully saturated rings. The van der Waals surface area contributed by atoms with E-state index in [2.05, 4.69) is 11.8 Å². The molecule has 0 aliphatic heterocycles. The minimum atomic E-state index is -0.398. The first-order valence-corrected chi connectivity index (χ1v) is 5.07. The SMILES string of the molecule is CC#CCC(C)(C)C(=O)c1ccccc1. The Kier molecular flexibility index (Phi) is 3.68. The maximum atomic E-state index is 12.1. The summed E-state index contributed by atoms with van der Waals surface area (Å²) in [4.78, 5) is 12.1. The van der Waals surface area contributed by atoms with Gasteiger partial charge in [0, 0.05) is 17.4 Å². The predicted molar refractivity (Wildman–Crippen MR) is 62.6 cm³/mol. The summed E-state index contributed by atoms with van der Waals surface area (Å²) in [5, 5.41) is 0. The van der Waals surface area contributed by atoms with Gasteiger partial charge in [0.1, 0.15) is 0 Å². The third kappa shape index (κ3) is 2.95. The molecule has 0 spiro atoms. The molecule has 1 nitrogen and oxygen atoms in total. The Bertz CT molecular complexity index is 390. The molecular formula is C14H16O. The summed E-state index contributed by atoms with van der Waals surface area (Å²) in [5.74, 6) is 5.95. The van der Waals surface area contributed by atoms with Gasteiger partial charge in [0.05, 0.1) is 0 Å². The van der Waals surface area contributed by atoms with E-state index >= 15 is 0 Å². The molecule has 0 aromatic heterocycles. The van der Waals surface area contributed by atoms with Gasteiger partial charge < -0.3 is 0 Å². The standard InChI is InChI=1S/C14H16O/c1-4-5-11-14(2,3)13(15)12-9-7-6-8-10-12/h6-10H,11H2,1-3H3. The van der Waals surface area contributed by atoms with Gasteiger partial charge in [-0.05, 0) is 6.92 Å². The molecule has 0 bridgehead atoms. The fraction of sp³-hybridized carbons (Fsp3) is 0.357. The second kappa shape index (κ2) is 4.79. The van der Waals surface area contributed by atoms with Crippen LogP contribution in [0.4, 0.5) is 0 Å². The van der Waals surface area contributed by atoms with Crippen molar-refractivity contribution < 1.29 is 4.79 Å². The van der Waals surface area contributed by atoms with E-state index in [0.29, 0.717) is 6.42 Å². The maximum Gasteiger partial charge on any atom is 0.169 e. The Balaban J connectivity index is 2.88. The van der Waals surface area contributed by atoms with Crippen LogP contribution < -0.4 is 0 Å². The highest BCUT2D eigenvalue weighted by atomic mass is 16.1. The van der Waals surface area contributed by atoms with E-state index in [4.69, 9.17) is 0 Å². The van der Waals surface area contributed by atoms with Crippen molar-refractivity contribution in [2.75, 3.05) is 0 Å². The number of hydrogen-bond acceptors (Lipinski definition) is 1. The Morgan fingerprint density at radius 1 is 1.27 bits per heavy atom. The summed E-state index contributed by atoms with van der Waals surface area (Å²) in [6.07, 6.45) is 0.608. The lowest BCUT2D eigenvalue weighted by atomic mass is 9.81. The first-order chi connectivity index (χ1) is 7.08. The lowest BCUT2D eigenvalue weighted by Crippen LogP contribution is -2.23. The molecule has 1 aromatic rings. The van der Waals surface area contributed by atoms with E-state index in [1.807, 2.05) is 44.2 Å². The van der Waals surface area contributed by atoms with Crippen LogP contribution in [0.3, 0.4) is 0 Å². The molecule has 1 heteroatoms. The molecule has 0 heterocycles. The van der Waals surface area contributed by atoms with E-state index in [1.54, 1.807) is 6.92 Å². The van der Waals surface area contributed by atoms with E-state index in [0.717, 1.165) is 5.56 Å². The van der Waals surface area contributed by atoms with Crippen LogP contribution in [0.2, 0.25) is 0 Å². The second-order valence-electron chi connectivity index (χ2n) is 4.18. The lowest BCUT2D eigenvalue weighted by Gasteiger charge is -2.20. The summed E-state index contributed by atoms with van der Waals surface area (Å²) in [6.45, 7) is 5.67. The Morgan fingerprint density at radius 3 is 2.40 bits per heavy atom. The van der Waals surface area contributed by atoms with Gasteiger partial charge in [0.2, 0.25) is 0 Å². The molecule has 1 aromatic carbocycles. The number of benzene rings is 1. The van der Waals surface area contributed by atoms with Gasteiger partial charge in [-0.1, -0.05) is 44.2 Å². The molecule has 0 amide bonds. The number of carbonyl (C=O) groups excluding carboxylic acids is 1. The van der Waals surface area contributed by atoms with Crippen molar-refractivity contribution in [3.8, 4) is 11.8 Å². The van der Waals surface area contributed by atoms with Gasteiger partial charge in [0.15, 0.2) is 5.78 Å². The van der Waals surface area contributed by atoms with Gasteiger partial charge in [-0.25, -0.2) is 0 Å². The average molecular weight is 200 g/mol. The van der Waals surface area contributed by atoms with Crippen LogP contribution in [0.5, 0.6) is 0 Å². The Labute approximate surface area is 91.5 Å². The summed E-state index contributed by atoms with van der Waals surface area (Å²) in [5.41, 5.74) is 0.366. The lowest BCUT2D eigenvalue weighted by molar-refractivity contribution is 0.0843. The molecule has 0 aliphatic rings. The van der Waals surface area contributed by atoms with Crippen molar-refractivity contribution in [1.29, 1.82) is 0 Å². The molecule has 0 radical (unpaired) electrons. The molecule has 0 saturated carbocycles. The number of hydrogen-bond donors (Lipinski definition) is 0. The molecule has 0 N–H and O–H groups in total. The number of ketones is 1. The Hall–Kier alpha value is -1.55. The van der Waals surface area contributed by atoms with Gasteiger partial charge in [-0.15, -0.1) is 11.8 Å². The first kappa shape index (κ1) is 11.5. The number of rotatable bonds is 3. The molecule has 0 atom stereocenters. The van der Waals surface area contributed by atoms with Gasteiger partial charge >= 0.3 is 0 Å². The van der Waals surface area contributed by atoms with Gasteiger partial charge in [-0.3, -0.25) is 4.79 Å². The maximum absolute atomic E-state index is 12.1. The smallest absolute Gasteiger partial charge is 0.169 e. The zero-order valence-corrected chi connectivity index (χ0v) is 9.50. The quantitative estimate of drug-likeness (QED) is 0.540. The highest BCUT2D eigenvalue weighted by Gasteiger charge is 2.27. The van der Waals surface area contributed by atoms with Crippen molar-refractivity contribution in [2.24, 2.45) is 5.41 Å². The van der Waals surface area contributed by atoms with Crippen molar-refractivity contribution in [1.82, 2.24) is 0 Å². The van der Waals surface area contributed by atoms with Crippen molar-refractivity contribution in [3.05, 3.63) is 35.9 Å². The third-order valence-corrected chi connectivity index (χ3v) is 2.36. The molecule has 78 valence electrons. The normalized spacial score (nSPS) is 10.3. The number of Topliss-reactive ketones (excluding diaryl/α,β-unsaturated/α-hetero) is 1. The average Bonchev–Trinajstić information content (AvgIpc) is 2.26. The van der Waals surface area contributed by atoms with Crippen LogP contribution in [0.15, 0.2) is 30.3 Å². The van der Waals surface area contributed by atoms with Crippen LogP contribution in [-0.2, 0) is 0 Å². The number of carbonyl (C=O) groups is 1. The summed E-state index contributed by atoms with van der Waals surface area (Å²) in [7, 11) is 0. The zero-order chi connectivity index (χ0) is 11.3. The fourth-order valence-corrected chi connectivity index (χ4v) is 1.37. The summed E-state index contributed by atoms with van der Waals surface area (Å²) >= 11 is 0. The zero-order valence-electron chi connectivity index (χ0n) is 9.50. The summed E-state index contributed by atoms with van der Waals surface area (Å²) in [6, 6.07) is 9.38. The second-order valence-corrected chi connectivity index (χ2v) is 4.18. The van der Waals surface area contributed by atoms with E-state index in [9.17, 15) is 4.79 Å². The monoisotopic (exact) mass is 200 g/mol. The Morgan fingerprint density at radius 2 is 1.87 bits per heavy atom. The minimum absolute atomic E-state index is 0.158. The van der Waals surface area contributed by atoms with Gasteiger partial charge in [-0.2, -0.15) is 0 Å². The van der Waals surface area contributed by atoms with Crippen LogP contribution in [-0.4, -0.2) is 5.78 Å². The molecule has 1 rings (SSSR count). The molecular weight excluding hydrogens is 184 g/mol.